The predicted molar refractivity (Wildman–Crippen MR) is 58.8 cm³/mol. The van der Waals surface area contributed by atoms with Crippen molar-refractivity contribution in [3.05, 3.63) is 0 Å². The van der Waals surface area contributed by atoms with Gasteiger partial charge in [0.05, 0.1) is 11.8 Å². The SMILES string of the molecule is CC1(C)CCC(NC(=O)C2CC2C(=O)O)C1. The van der Waals surface area contributed by atoms with Crippen molar-refractivity contribution in [2.45, 2.75) is 45.6 Å². The summed E-state index contributed by atoms with van der Waals surface area (Å²) >= 11 is 0. The standard InChI is InChI=1S/C12H19NO3/c1-12(2)4-3-7(6-12)13-10(14)8-5-9(8)11(15)16/h7-9H,3-6H2,1-2H3,(H,13,14)(H,15,16). The molecule has 0 spiro atoms. The number of carbonyl (C=O) groups is 2. The monoisotopic (exact) mass is 225 g/mol. The average Bonchev–Trinajstić information content (AvgIpc) is 2.87. The van der Waals surface area contributed by atoms with Gasteiger partial charge in [0.25, 0.3) is 0 Å². The Balaban J connectivity index is 1.79. The van der Waals surface area contributed by atoms with E-state index in [4.69, 9.17) is 5.11 Å². The van der Waals surface area contributed by atoms with E-state index in [2.05, 4.69) is 19.2 Å². The highest BCUT2D eigenvalue weighted by Gasteiger charge is 2.49. The first-order chi connectivity index (χ1) is 7.39. The Morgan fingerprint density at radius 1 is 1.31 bits per heavy atom. The number of carboxylic acids is 1. The second-order valence-electron chi connectivity index (χ2n) is 5.90. The molecule has 3 atom stereocenters. The molecule has 4 nitrogen and oxygen atoms in total. The topological polar surface area (TPSA) is 66.4 Å². The number of nitrogens with one attached hydrogen (secondary N) is 1. The molecule has 90 valence electrons. The lowest BCUT2D eigenvalue weighted by atomic mass is 9.92. The maximum absolute atomic E-state index is 11.7. The van der Waals surface area contributed by atoms with Crippen LogP contribution in [0.4, 0.5) is 0 Å². The van der Waals surface area contributed by atoms with E-state index in [0.29, 0.717) is 11.8 Å². The Kier molecular flexibility index (Phi) is 2.68. The van der Waals surface area contributed by atoms with Crippen LogP contribution >= 0.6 is 0 Å². The van der Waals surface area contributed by atoms with Gasteiger partial charge in [0, 0.05) is 6.04 Å². The minimum absolute atomic E-state index is 0.0601. The second kappa shape index (κ2) is 3.75. The molecule has 4 heteroatoms. The summed E-state index contributed by atoms with van der Waals surface area (Å²) in [4.78, 5) is 22.3. The fraction of sp³-hybridized carbons (Fsp3) is 0.833. The number of aliphatic carboxylic acids is 1. The first-order valence-electron chi connectivity index (χ1n) is 5.92. The van der Waals surface area contributed by atoms with Crippen molar-refractivity contribution < 1.29 is 14.7 Å². The maximum atomic E-state index is 11.7. The smallest absolute Gasteiger partial charge is 0.307 e. The molecule has 0 heterocycles. The molecule has 0 aromatic carbocycles. The largest absolute Gasteiger partial charge is 0.481 e. The van der Waals surface area contributed by atoms with Crippen LogP contribution in [0.5, 0.6) is 0 Å². The zero-order valence-corrected chi connectivity index (χ0v) is 9.82. The molecule has 3 unspecified atom stereocenters. The van der Waals surface area contributed by atoms with Crippen LogP contribution in [-0.4, -0.2) is 23.0 Å². The summed E-state index contributed by atoms with van der Waals surface area (Å²) < 4.78 is 0. The summed E-state index contributed by atoms with van der Waals surface area (Å²) in [5.41, 5.74) is 0.313. The summed E-state index contributed by atoms with van der Waals surface area (Å²) in [7, 11) is 0. The van der Waals surface area contributed by atoms with E-state index >= 15 is 0 Å². The van der Waals surface area contributed by atoms with Gasteiger partial charge in [-0.25, -0.2) is 0 Å². The van der Waals surface area contributed by atoms with Gasteiger partial charge in [0.2, 0.25) is 5.91 Å². The lowest BCUT2D eigenvalue weighted by molar-refractivity contribution is -0.140. The minimum Gasteiger partial charge on any atom is -0.481 e. The zero-order chi connectivity index (χ0) is 11.9. The molecule has 0 aromatic heterocycles. The fourth-order valence-electron chi connectivity index (χ4n) is 2.63. The van der Waals surface area contributed by atoms with Crippen LogP contribution in [0.3, 0.4) is 0 Å². The minimum atomic E-state index is -0.841. The third kappa shape index (κ3) is 2.36. The highest BCUT2D eigenvalue weighted by Crippen LogP contribution is 2.40. The van der Waals surface area contributed by atoms with E-state index < -0.39 is 11.9 Å². The summed E-state index contributed by atoms with van der Waals surface area (Å²) in [6.45, 7) is 4.41. The second-order valence-corrected chi connectivity index (χ2v) is 5.90. The molecule has 2 saturated carbocycles. The lowest BCUT2D eigenvalue weighted by Gasteiger charge is -2.17. The lowest BCUT2D eigenvalue weighted by Crippen LogP contribution is -2.35. The third-order valence-corrected chi connectivity index (χ3v) is 3.76. The summed E-state index contributed by atoms with van der Waals surface area (Å²) in [5, 5.41) is 11.7. The van der Waals surface area contributed by atoms with Gasteiger partial charge in [0.15, 0.2) is 0 Å². The van der Waals surface area contributed by atoms with Gasteiger partial charge >= 0.3 is 5.97 Å². The summed E-state index contributed by atoms with van der Waals surface area (Å²) in [5.74, 6) is -1.61. The molecule has 0 aliphatic heterocycles. The van der Waals surface area contributed by atoms with Crippen LogP contribution in [0.25, 0.3) is 0 Å². The van der Waals surface area contributed by atoms with Crippen molar-refractivity contribution >= 4 is 11.9 Å². The molecule has 2 N–H and O–H groups in total. The van der Waals surface area contributed by atoms with E-state index in [0.717, 1.165) is 19.3 Å². The maximum Gasteiger partial charge on any atom is 0.307 e. The van der Waals surface area contributed by atoms with Crippen LogP contribution in [0.1, 0.15) is 39.5 Å². The highest BCUT2D eigenvalue weighted by molar-refractivity contribution is 5.89. The van der Waals surface area contributed by atoms with Crippen molar-refractivity contribution in [2.75, 3.05) is 0 Å². The average molecular weight is 225 g/mol. The van der Waals surface area contributed by atoms with E-state index in [1.54, 1.807) is 0 Å². The molecule has 2 aliphatic carbocycles. The molecular weight excluding hydrogens is 206 g/mol. The van der Waals surface area contributed by atoms with Gasteiger partial charge in [-0.15, -0.1) is 0 Å². The summed E-state index contributed by atoms with van der Waals surface area (Å²) in [6.07, 6.45) is 3.66. The van der Waals surface area contributed by atoms with Gasteiger partial charge in [0.1, 0.15) is 0 Å². The first-order valence-corrected chi connectivity index (χ1v) is 5.92. The van der Waals surface area contributed by atoms with Gasteiger partial charge in [-0.05, 0) is 31.1 Å². The fourth-order valence-corrected chi connectivity index (χ4v) is 2.63. The number of hydrogen-bond donors (Lipinski definition) is 2. The molecule has 2 aliphatic rings. The molecule has 2 fully saturated rings. The van der Waals surface area contributed by atoms with Gasteiger partial charge in [-0.2, -0.15) is 0 Å². The summed E-state index contributed by atoms with van der Waals surface area (Å²) in [6, 6.07) is 0.248. The number of hydrogen-bond acceptors (Lipinski definition) is 2. The van der Waals surface area contributed by atoms with E-state index in [1.165, 1.54) is 0 Å². The third-order valence-electron chi connectivity index (χ3n) is 3.76. The quantitative estimate of drug-likeness (QED) is 0.763. The Hall–Kier alpha value is -1.06. The molecule has 0 saturated heterocycles. The number of carboxylic acid groups (broad SMARTS) is 1. The van der Waals surface area contributed by atoms with Crippen LogP contribution < -0.4 is 5.32 Å². The van der Waals surface area contributed by atoms with Crippen LogP contribution in [0.15, 0.2) is 0 Å². The van der Waals surface area contributed by atoms with Gasteiger partial charge < -0.3 is 10.4 Å². The van der Waals surface area contributed by atoms with Crippen molar-refractivity contribution in [2.24, 2.45) is 17.3 Å². The molecule has 2 rings (SSSR count). The Labute approximate surface area is 95.4 Å². The van der Waals surface area contributed by atoms with Gasteiger partial charge in [-0.3, -0.25) is 9.59 Å². The van der Waals surface area contributed by atoms with Crippen molar-refractivity contribution in [3.8, 4) is 0 Å². The molecular formula is C12H19NO3. The Bertz CT molecular complexity index is 324. The van der Waals surface area contributed by atoms with Crippen LogP contribution in [0.2, 0.25) is 0 Å². The van der Waals surface area contributed by atoms with E-state index in [1.807, 2.05) is 0 Å². The van der Waals surface area contributed by atoms with Crippen molar-refractivity contribution in [1.29, 1.82) is 0 Å². The Morgan fingerprint density at radius 3 is 2.44 bits per heavy atom. The van der Waals surface area contributed by atoms with Crippen molar-refractivity contribution in [3.63, 3.8) is 0 Å². The molecule has 0 aromatic rings. The molecule has 0 bridgehead atoms. The van der Waals surface area contributed by atoms with Crippen molar-refractivity contribution in [1.82, 2.24) is 5.32 Å². The van der Waals surface area contributed by atoms with Crippen LogP contribution in [0, 0.1) is 17.3 Å². The van der Waals surface area contributed by atoms with Gasteiger partial charge in [-0.1, -0.05) is 13.8 Å². The highest BCUT2D eigenvalue weighted by atomic mass is 16.4. The normalized spacial score (nSPS) is 35.8. The van der Waals surface area contributed by atoms with E-state index in [9.17, 15) is 9.59 Å². The first kappa shape index (κ1) is 11.4. The molecule has 16 heavy (non-hydrogen) atoms. The number of rotatable bonds is 3. The number of amides is 1. The zero-order valence-electron chi connectivity index (χ0n) is 9.82. The number of carbonyl (C=O) groups excluding carboxylic acids is 1. The molecule has 0 radical (unpaired) electrons. The van der Waals surface area contributed by atoms with Crippen LogP contribution in [-0.2, 0) is 9.59 Å². The van der Waals surface area contributed by atoms with E-state index in [-0.39, 0.29) is 17.9 Å². The molecule has 1 amide bonds. The Morgan fingerprint density at radius 2 is 2.00 bits per heavy atom. The predicted octanol–water partition coefficient (Wildman–Crippen LogP) is 1.40.